The van der Waals surface area contributed by atoms with Gasteiger partial charge in [0.25, 0.3) is 11.8 Å². The van der Waals surface area contributed by atoms with Crippen molar-refractivity contribution in [3.8, 4) is 5.75 Å². The molecule has 2 heterocycles. The van der Waals surface area contributed by atoms with E-state index in [1.807, 2.05) is 37.3 Å². The highest BCUT2D eigenvalue weighted by atomic mass is 32.1. The number of benzene rings is 2. The number of hydrogen-bond acceptors (Lipinski definition) is 6. The van der Waals surface area contributed by atoms with Crippen molar-refractivity contribution in [2.24, 2.45) is 0 Å². The predicted molar refractivity (Wildman–Crippen MR) is 115 cm³/mol. The Bertz CT molecular complexity index is 1060. The van der Waals surface area contributed by atoms with Gasteiger partial charge in [0, 0.05) is 17.8 Å². The van der Waals surface area contributed by atoms with Gasteiger partial charge in [-0.3, -0.25) is 9.59 Å². The Morgan fingerprint density at radius 3 is 2.73 bits per heavy atom. The van der Waals surface area contributed by atoms with Gasteiger partial charge in [0.1, 0.15) is 10.8 Å². The molecule has 0 bridgehead atoms. The fraction of sp³-hybridized carbons (Fsp3) is 0.273. The zero-order chi connectivity index (χ0) is 21.1. The van der Waals surface area contributed by atoms with Crippen molar-refractivity contribution < 1.29 is 14.3 Å². The summed E-state index contributed by atoms with van der Waals surface area (Å²) in [5.41, 5.74) is 2.40. The minimum absolute atomic E-state index is 0.0720. The number of ether oxygens (including phenoxy) is 1. The van der Waals surface area contributed by atoms with Gasteiger partial charge in [-0.05, 0) is 50.1 Å². The molecule has 1 aliphatic rings. The fourth-order valence-corrected chi connectivity index (χ4v) is 4.36. The van der Waals surface area contributed by atoms with E-state index in [0.29, 0.717) is 28.6 Å². The van der Waals surface area contributed by atoms with Gasteiger partial charge in [-0.25, -0.2) is 0 Å². The van der Waals surface area contributed by atoms with E-state index in [1.54, 1.807) is 30.2 Å². The molecule has 0 radical (unpaired) electrons. The maximum absolute atomic E-state index is 13.1. The first kappa shape index (κ1) is 20.0. The third-order valence-corrected chi connectivity index (χ3v) is 6.08. The number of methoxy groups -OCH3 is 1. The molecule has 1 fully saturated rings. The molecule has 8 heteroatoms. The summed E-state index contributed by atoms with van der Waals surface area (Å²) in [6.07, 6.45) is 1.68. The van der Waals surface area contributed by atoms with Crippen molar-refractivity contribution in [3.05, 3.63) is 69.7 Å². The molecule has 4 rings (SSSR count). The Morgan fingerprint density at radius 1 is 1.17 bits per heavy atom. The summed E-state index contributed by atoms with van der Waals surface area (Å²) in [7, 11) is 1.58. The van der Waals surface area contributed by atoms with Crippen molar-refractivity contribution in [1.29, 1.82) is 0 Å². The molecular formula is C22H22N4O3S. The number of carbonyl (C=O) groups excluding carboxylic acids is 2. The monoisotopic (exact) mass is 422 g/mol. The van der Waals surface area contributed by atoms with Crippen LogP contribution in [0, 0.1) is 6.92 Å². The lowest BCUT2D eigenvalue weighted by atomic mass is 10.1. The number of anilines is 1. The first-order valence-corrected chi connectivity index (χ1v) is 10.5. The van der Waals surface area contributed by atoms with Crippen LogP contribution in [0.25, 0.3) is 0 Å². The summed E-state index contributed by atoms with van der Waals surface area (Å²) >= 11 is 1.23. The lowest BCUT2D eigenvalue weighted by molar-refractivity contribution is 0.0734. The zero-order valence-corrected chi connectivity index (χ0v) is 17.6. The first-order chi connectivity index (χ1) is 14.5. The van der Waals surface area contributed by atoms with Crippen molar-refractivity contribution in [2.75, 3.05) is 19.0 Å². The molecule has 0 saturated carbocycles. The van der Waals surface area contributed by atoms with Gasteiger partial charge in [-0.1, -0.05) is 35.1 Å². The van der Waals surface area contributed by atoms with Gasteiger partial charge in [0.15, 0.2) is 0 Å². The Labute approximate surface area is 178 Å². The summed E-state index contributed by atoms with van der Waals surface area (Å²) in [5, 5.41) is 12.1. The highest BCUT2D eigenvalue weighted by Gasteiger charge is 2.33. The van der Waals surface area contributed by atoms with Crippen LogP contribution in [0.3, 0.4) is 0 Å². The topological polar surface area (TPSA) is 84.4 Å². The summed E-state index contributed by atoms with van der Waals surface area (Å²) in [5.74, 6) is 0.270. The summed E-state index contributed by atoms with van der Waals surface area (Å²) < 4.78 is 5.23. The number of rotatable bonds is 5. The number of likely N-dealkylation sites (tertiary alicyclic amines) is 1. The number of aryl methyl sites for hydroxylation is 1. The zero-order valence-electron chi connectivity index (χ0n) is 16.8. The third-order valence-electron chi connectivity index (χ3n) is 5.06. The highest BCUT2D eigenvalue weighted by molar-refractivity contribution is 7.13. The quantitative estimate of drug-likeness (QED) is 0.670. The SMILES string of the molecule is COc1cccc(C(=O)N2CCCC2c2nnc(C(=O)Nc3ccc(C)cc3)s2)c1. The van der Waals surface area contributed by atoms with Gasteiger partial charge < -0.3 is 15.0 Å². The van der Waals surface area contributed by atoms with Crippen LogP contribution >= 0.6 is 11.3 Å². The predicted octanol–water partition coefficient (Wildman–Crippen LogP) is 4.08. The second kappa shape index (κ2) is 8.62. The van der Waals surface area contributed by atoms with Crippen LogP contribution in [0.2, 0.25) is 0 Å². The largest absolute Gasteiger partial charge is 0.497 e. The van der Waals surface area contributed by atoms with E-state index >= 15 is 0 Å². The van der Waals surface area contributed by atoms with Crippen LogP contribution in [-0.4, -0.2) is 40.6 Å². The van der Waals surface area contributed by atoms with E-state index in [-0.39, 0.29) is 22.9 Å². The van der Waals surface area contributed by atoms with Gasteiger partial charge in [0.05, 0.1) is 13.2 Å². The van der Waals surface area contributed by atoms with E-state index in [2.05, 4.69) is 15.5 Å². The Balaban J connectivity index is 1.49. The minimum Gasteiger partial charge on any atom is -0.497 e. The Morgan fingerprint density at radius 2 is 1.97 bits per heavy atom. The molecule has 2 amide bonds. The van der Waals surface area contributed by atoms with E-state index in [1.165, 1.54) is 11.3 Å². The van der Waals surface area contributed by atoms with Crippen molar-refractivity contribution in [3.63, 3.8) is 0 Å². The smallest absolute Gasteiger partial charge is 0.286 e. The maximum Gasteiger partial charge on any atom is 0.286 e. The molecule has 3 aromatic rings. The fourth-order valence-electron chi connectivity index (χ4n) is 3.47. The second-order valence-electron chi connectivity index (χ2n) is 7.15. The number of hydrogen-bond donors (Lipinski definition) is 1. The number of nitrogens with one attached hydrogen (secondary N) is 1. The van der Waals surface area contributed by atoms with Crippen LogP contribution in [0.15, 0.2) is 48.5 Å². The van der Waals surface area contributed by atoms with E-state index in [0.717, 1.165) is 18.4 Å². The van der Waals surface area contributed by atoms with Crippen LogP contribution < -0.4 is 10.1 Å². The van der Waals surface area contributed by atoms with E-state index in [9.17, 15) is 9.59 Å². The number of aromatic nitrogens is 2. The van der Waals surface area contributed by atoms with Crippen LogP contribution in [0.1, 0.15) is 49.6 Å². The average molecular weight is 423 g/mol. The van der Waals surface area contributed by atoms with Crippen LogP contribution in [0.4, 0.5) is 5.69 Å². The highest BCUT2D eigenvalue weighted by Crippen LogP contribution is 2.35. The van der Waals surface area contributed by atoms with E-state index < -0.39 is 0 Å². The molecule has 1 atom stereocenters. The molecule has 1 saturated heterocycles. The molecule has 1 unspecified atom stereocenters. The van der Waals surface area contributed by atoms with Crippen LogP contribution in [-0.2, 0) is 0 Å². The molecule has 30 heavy (non-hydrogen) atoms. The molecule has 1 N–H and O–H groups in total. The second-order valence-corrected chi connectivity index (χ2v) is 8.16. The molecule has 154 valence electrons. The maximum atomic E-state index is 13.1. The van der Waals surface area contributed by atoms with Gasteiger partial charge in [-0.15, -0.1) is 10.2 Å². The Hall–Kier alpha value is -3.26. The molecule has 0 spiro atoms. The van der Waals surface area contributed by atoms with Gasteiger partial charge in [-0.2, -0.15) is 0 Å². The molecule has 1 aromatic heterocycles. The number of carbonyl (C=O) groups is 2. The lowest BCUT2D eigenvalue weighted by Crippen LogP contribution is -2.30. The molecule has 0 aliphatic carbocycles. The summed E-state index contributed by atoms with van der Waals surface area (Å²) in [4.78, 5) is 27.4. The molecular weight excluding hydrogens is 400 g/mol. The molecule has 2 aromatic carbocycles. The normalized spacial score (nSPS) is 15.8. The summed E-state index contributed by atoms with van der Waals surface area (Å²) in [6, 6.07) is 14.5. The third kappa shape index (κ3) is 4.18. The molecule has 7 nitrogen and oxygen atoms in total. The minimum atomic E-state index is -0.300. The van der Waals surface area contributed by atoms with Crippen molar-refractivity contribution in [2.45, 2.75) is 25.8 Å². The number of nitrogens with zero attached hydrogens (tertiary/aromatic N) is 3. The van der Waals surface area contributed by atoms with Crippen molar-refractivity contribution >= 4 is 28.8 Å². The average Bonchev–Trinajstić information content (AvgIpc) is 3.44. The number of amides is 2. The standard InChI is InChI=1S/C22H22N4O3S/c1-14-8-10-16(11-9-14)23-19(27)21-25-24-20(30-21)18-7-4-12-26(18)22(28)15-5-3-6-17(13-15)29-2/h3,5-6,8-11,13,18H,4,7,12H2,1-2H3,(H,23,27). The first-order valence-electron chi connectivity index (χ1n) is 9.71. The van der Waals surface area contributed by atoms with Crippen molar-refractivity contribution in [1.82, 2.24) is 15.1 Å². The summed E-state index contributed by atoms with van der Waals surface area (Å²) in [6.45, 7) is 2.63. The lowest BCUT2D eigenvalue weighted by Gasteiger charge is -2.23. The van der Waals surface area contributed by atoms with Crippen LogP contribution in [0.5, 0.6) is 5.75 Å². The molecule has 1 aliphatic heterocycles. The Kier molecular flexibility index (Phi) is 5.76. The van der Waals surface area contributed by atoms with Gasteiger partial charge in [0.2, 0.25) is 5.01 Å². The van der Waals surface area contributed by atoms with Gasteiger partial charge >= 0.3 is 0 Å². The van der Waals surface area contributed by atoms with E-state index in [4.69, 9.17) is 4.74 Å².